The molecule has 0 N–H and O–H groups in total. The summed E-state index contributed by atoms with van der Waals surface area (Å²) in [5.41, 5.74) is 1.53. The molecule has 1 aromatic carbocycles. The molecule has 1 unspecified atom stereocenters. The summed E-state index contributed by atoms with van der Waals surface area (Å²) >= 11 is 0. The van der Waals surface area contributed by atoms with Crippen LogP contribution in [0.4, 0.5) is 0 Å². The normalized spacial score (nSPS) is 17.2. The van der Waals surface area contributed by atoms with Gasteiger partial charge in [0, 0.05) is 24.5 Å². The predicted molar refractivity (Wildman–Crippen MR) is 88.6 cm³/mol. The zero-order chi connectivity index (χ0) is 16.4. The Labute approximate surface area is 139 Å². The Bertz CT molecular complexity index is 832. The second kappa shape index (κ2) is 6.23. The van der Waals surface area contributed by atoms with Crippen molar-refractivity contribution < 1.29 is 4.79 Å². The Balaban J connectivity index is 1.64. The van der Waals surface area contributed by atoms with E-state index in [0.717, 1.165) is 25.1 Å². The molecule has 24 heavy (non-hydrogen) atoms. The van der Waals surface area contributed by atoms with Crippen molar-refractivity contribution >= 4 is 5.91 Å². The van der Waals surface area contributed by atoms with Crippen LogP contribution in [0.3, 0.4) is 0 Å². The summed E-state index contributed by atoms with van der Waals surface area (Å²) in [6, 6.07) is 9.36. The van der Waals surface area contributed by atoms with Gasteiger partial charge in [-0.05, 0) is 25.0 Å². The minimum atomic E-state index is -0.0336. The molecule has 3 aromatic rings. The van der Waals surface area contributed by atoms with Gasteiger partial charge in [-0.25, -0.2) is 9.97 Å². The van der Waals surface area contributed by atoms with Crippen molar-refractivity contribution in [1.29, 1.82) is 0 Å². The number of hydrogen-bond acceptors (Lipinski definition) is 4. The Hall–Kier alpha value is -3.02. The second-order valence-electron chi connectivity index (χ2n) is 5.79. The first-order valence-electron chi connectivity index (χ1n) is 7.99. The first-order valence-corrected chi connectivity index (χ1v) is 7.99. The molecule has 1 atom stereocenters. The van der Waals surface area contributed by atoms with E-state index in [-0.39, 0.29) is 11.9 Å². The maximum absolute atomic E-state index is 12.8. The van der Waals surface area contributed by atoms with Crippen LogP contribution in [0.5, 0.6) is 0 Å². The maximum atomic E-state index is 12.8. The molecular formula is C18H17N5O. The van der Waals surface area contributed by atoms with Crippen molar-refractivity contribution in [3.05, 3.63) is 72.7 Å². The van der Waals surface area contributed by atoms with Gasteiger partial charge in [0.2, 0.25) is 0 Å². The Morgan fingerprint density at radius 2 is 2.00 bits per heavy atom. The number of hydrogen-bond donors (Lipinski definition) is 0. The van der Waals surface area contributed by atoms with Gasteiger partial charge in [0.15, 0.2) is 5.82 Å². The topological polar surface area (TPSA) is 63.9 Å². The average molecular weight is 319 g/mol. The van der Waals surface area contributed by atoms with Crippen LogP contribution in [0.2, 0.25) is 0 Å². The molecule has 0 aliphatic carbocycles. The zero-order valence-electron chi connectivity index (χ0n) is 13.1. The van der Waals surface area contributed by atoms with Crippen LogP contribution < -0.4 is 0 Å². The minimum absolute atomic E-state index is 0.0336. The van der Waals surface area contributed by atoms with E-state index < -0.39 is 0 Å². The van der Waals surface area contributed by atoms with Crippen molar-refractivity contribution in [2.24, 2.45) is 0 Å². The highest BCUT2D eigenvalue weighted by Crippen LogP contribution is 2.32. The first-order chi connectivity index (χ1) is 11.8. The van der Waals surface area contributed by atoms with Crippen LogP contribution in [0.15, 0.2) is 61.4 Å². The Kier molecular flexibility index (Phi) is 3.78. The van der Waals surface area contributed by atoms with Crippen LogP contribution in [-0.4, -0.2) is 36.9 Å². The van der Waals surface area contributed by atoms with Gasteiger partial charge in [-0.1, -0.05) is 18.2 Å². The van der Waals surface area contributed by atoms with Gasteiger partial charge in [-0.3, -0.25) is 14.3 Å². The maximum Gasteiger partial charge on any atom is 0.254 e. The number of carbonyl (C=O) groups is 1. The number of nitrogens with zero attached hydrogens (tertiary/aromatic N) is 5. The van der Waals surface area contributed by atoms with Gasteiger partial charge >= 0.3 is 0 Å². The quantitative estimate of drug-likeness (QED) is 0.744. The molecule has 120 valence electrons. The smallest absolute Gasteiger partial charge is 0.254 e. The fraction of sp³-hybridized carbons (Fsp3) is 0.222. The second-order valence-corrected chi connectivity index (χ2v) is 5.79. The highest BCUT2D eigenvalue weighted by Gasteiger charge is 2.31. The van der Waals surface area contributed by atoms with E-state index in [2.05, 4.69) is 9.97 Å². The molecule has 1 fully saturated rings. The average Bonchev–Trinajstić information content (AvgIpc) is 3.34. The van der Waals surface area contributed by atoms with Crippen LogP contribution in [0, 0.1) is 0 Å². The van der Waals surface area contributed by atoms with E-state index >= 15 is 0 Å². The molecule has 6 heteroatoms. The summed E-state index contributed by atoms with van der Waals surface area (Å²) in [5, 5.41) is 0. The summed E-state index contributed by atoms with van der Waals surface area (Å²) in [4.78, 5) is 27.7. The summed E-state index contributed by atoms with van der Waals surface area (Å²) in [7, 11) is 0. The lowest BCUT2D eigenvalue weighted by molar-refractivity contribution is 0.0732. The van der Waals surface area contributed by atoms with Crippen molar-refractivity contribution in [3.63, 3.8) is 0 Å². The zero-order valence-corrected chi connectivity index (χ0v) is 13.1. The highest BCUT2D eigenvalue weighted by atomic mass is 16.2. The summed E-state index contributed by atoms with van der Waals surface area (Å²) in [5.74, 6) is 0.761. The highest BCUT2D eigenvalue weighted by molar-refractivity contribution is 5.94. The third-order valence-corrected chi connectivity index (χ3v) is 4.29. The molecule has 3 heterocycles. The number of amides is 1. The van der Waals surface area contributed by atoms with Crippen molar-refractivity contribution in [2.75, 3.05) is 6.54 Å². The van der Waals surface area contributed by atoms with E-state index in [4.69, 9.17) is 4.98 Å². The van der Waals surface area contributed by atoms with Crippen LogP contribution in [-0.2, 0) is 0 Å². The predicted octanol–water partition coefficient (Wildman–Crippen LogP) is 2.64. The van der Waals surface area contributed by atoms with E-state index in [0.29, 0.717) is 11.4 Å². The number of rotatable bonds is 3. The number of carbonyl (C=O) groups excluding carboxylic acids is 1. The summed E-state index contributed by atoms with van der Waals surface area (Å²) < 4.78 is 1.81. The van der Waals surface area contributed by atoms with Crippen LogP contribution in [0.1, 0.15) is 34.9 Å². The summed E-state index contributed by atoms with van der Waals surface area (Å²) in [6.07, 6.45) is 10.5. The Morgan fingerprint density at radius 3 is 2.79 bits per heavy atom. The fourth-order valence-corrected chi connectivity index (χ4v) is 3.11. The van der Waals surface area contributed by atoms with E-state index in [9.17, 15) is 4.79 Å². The van der Waals surface area contributed by atoms with Gasteiger partial charge in [-0.15, -0.1) is 0 Å². The van der Waals surface area contributed by atoms with Crippen LogP contribution >= 0.6 is 0 Å². The molecule has 1 saturated heterocycles. The van der Waals surface area contributed by atoms with E-state index in [1.165, 1.54) is 0 Å². The SMILES string of the molecule is O=C(c1ccccc1)N1CCCC1c1cncc(-n2ccnc2)n1. The molecule has 1 amide bonds. The lowest BCUT2D eigenvalue weighted by atomic mass is 10.1. The molecule has 0 bridgehead atoms. The standard InChI is InChI=1S/C18H17N5O/c24-18(14-5-2-1-3-6-14)23-9-4-7-16(23)15-11-20-12-17(21-15)22-10-8-19-13-22/h1-3,5-6,8,10-13,16H,4,7,9H2. The van der Waals surface area contributed by atoms with Crippen molar-refractivity contribution in [2.45, 2.75) is 18.9 Å². The third-order valence-electron chi connectivity index (χ3n) is 4.29. The molecule has 0 radical (unpaired) electrons. The van der Waals surface area contributed by atoms with Gasteiger partial charge in [0.1, 0.15) is 6.33 Å². The third kappa shape index (κ3) is 2.67. The molecule has 4 rings (SSSR count). The molecule has 2 aromatic heterocycles. The van der Waals surface area contributed by atoms with Crippen molar-refractivity contribution in [1.82, 2.24) is 24.4 Å². The lowest BCUT2D eigenvalue weighted by Crippen LogP contribution is -2.31. The molecule has 6 nitrogen and oxygen atoms in total. The molecule has 0 spiro atoms. The van der Waals surface area contributed by atoms with E-state index in [1.807, 2.05) is 46.0 Å². The molecule has 1 aliphatic rings. The first kappa shape index (κ1) is 14.6. The molecule has 0 saturated carbocycles. The number of benzene rings is 1. The van der Waals surface area contributed by atoms with Gasteiger partial charge in [0.05, 0.1) is 24.1 Å². The lowest BCUT2D eigenvalue weighted by Gasteiger charge is -2.24. The Morgan fingerprint density at radius 1 is 1.12 bits per heavy atom. The number of likely N-dealkylation sites (tertiary alicyclic amines) is 1. The van der Waals surface area contributed by atoms with Crippen LogP contribution in [0.25, 0.3) is 5.82 Å². The largest absolute Gasteiger partial charge is 0.330 e. The minimum Gasteiger partial charge on any atom is -0.330 e. The monoisotopic (exact) mass is 319 g/mol. The summed E-state index contributed by atoms with van der Waals surface area (Å²) in [6.45, 7) is 0.745. The van der Waals surface area contributed by atoms with E-state index in [1.54, 1.807) is 24.9 Å². The number of aromatic nitrogens is 4. The number of imidazole rings is 1. The fourth-order valence-electron chi connectivity index (χ4n) is 3.11. The van der Waals surface area contributed by atoms with Gasteiger partial charge in [-0.2, -0.15) is 0 Å². The molecule has 1 aliphatic heterocycles. The van der Waals surface area contributed by atoms with Gasteiger partial charge in [0.25, 0.3) is 5.91 Å². The van der Waals surface area contributed by atoms with Crippen molar-refractivity contribution in [3.8, 4) is 5.82 Å². The van der Waals surface area contributed by atoms with Gasteiger partial charge < -0.3 is 4.90 Å². The molecular weight excluding hydrogens is 302 g/mol.